The van der Waals surface area contributed by atoms with E-state index < -0.39 is 5.60 Å². The second kappa shape index (κ2) is 8.48. The molecule has 7 nitrogen and oxygen atoms in total. The Labute approximate surface area is 183 Å². The number of fused-ring (bicyclic) bond motifs is 1. The summed E-state index contributed by atoms with van der Waals surface area (Å²) in [6, 6.07) is 7.49. The summed E-state index contributed by atoms with van der Waals surface area (Å²) in [5.74, 6) is 0.479. The molecule has 4 rings (SSSR count). The van der Waals surface area contributed by atoms with E-state index in [4.69, 9.17) is 4.42 Å². The number of carbonyl (C=O) groups excluding carboxylic acids is 1. The zero-order valence-electron chi connectivity index (χ0n) is 18.8. The van der Waals surface area contributed by atoms with Crippen LogP contribution in [0.1, 0.15) is 54.1 Å². The van der Waals surface area contributed by atoms with Crippen molar-refractivity contribution >= 4 is 16.9 Å². The number of nitrogens with one attached hydrogen (secondary N) is 1. The minimum Gasteiger partial charge on any atom is -0.451 e. The van der Waals surface area contributed by atoms with Crippen LogP contribution in [0.4, 0.5) is 0 Å². The van der Waals surface area contributed by atoms with E-state index in [9.17, 15) is 9.90 Å². The van der Waals surface area contributed by atoms with Crippen LogP contribution in [0.5, 0.6) is 0 Å². The molecule has 0 saturated carbocycles. The number of rotatable bonds is 6. The van der Waals surface area contributed by atoms with Crippen LogP contribution >= 0.6 is 0 Å². The fourth-order valence-corrected chi connectivity index (χ4v) is 4.24. The Kier molecular flexibility index (Phi) is 5.90. The van der Waals surface area contributed by atoms with Crippen molar-refractivity contribution in [3.63, 3.8) is 0 Å². The van der Waals surface area contributed by atoms with Gasteiger partial charge in [0.1, 0.15) is 5.58 Å². The number of hydrogen-bond donors (Lipinski definition) is 2. The summed E-state index contributed by atoms with van der Waals surface area (Å²) in [6.07, 6.45) is 3.40. The first-order chi connectivity index (χ1) is 14.7. The molecule has 0 unspecified atom stereocenters. The van der Waals surface area contributed by atoms with E-state index in [0.29, 0.717) is 36.6 Å². The third kappa shape index (κ3) is 4.67. The number of likely N-dealkylation sites (tertiary alicyclic amines) is 1. The molecule has 1 aliphatic heterocycles. The molecule has 31 heavy (non-hydrogen) atoms. The standard InChI is InChI=1S/C24H32N4O3/c1-16(2)13-25-23(29)22-12-18-11-20(5-6-21(18)31-22)24(30)7-9-28(10-8-24)15-19-14-27(4)26-17(19)3/h5-6,11-12,14,16,30H,7-10,13,15H2,1-4H3,(H,25,29). The van der Waals surface area contributed by atoms with Gasteiger partial charge in [-0.15, -0.1) is 0 Å². The Morgan fingerprint density at radius 3 is 2.68 bits per heavy atom. The normalized spacial score (nSPS) is 16.8. The van der Waals surface area contributed by atoms with E-state index in [1.165, 1.54) is 5.56 Å². The molecule has 3 aromatic rings. The van der Waals surface area contributed by atoms with Crippen molar-refractivity contribution in [2.24, 2.45) is 13.0 Å². The van der Waals surface area contributed by atoms with Crippen molar-refractivity contribution in [1.82, 2.24) is 20.0 Å². The molecule has 2 aromatic heterocycles. The van der Waals surface area contributed by atoms with Crippen LogP contribution in [0.3, 0.4) is 0 Å². The Hall–Kier alpha value is -2.64. The highest BCUT2D eigenvalue weighted by Crippen LogP contribution is 2.35. The van der Waals surface area contributed by atoms with Crippen molar-refractivity contribution < 1.29 is 14.3 Å². The summed E-state index contributed by atoms with van der Waals surface area (Å²) in [6.45, 7) is 9.23. The maximum Gasteiger partial charge on any atom is 0.287 e. The number of carbonyl (C=O) groups is 1. The quantitative estimate of drug-likeness (QED) is 0.634. The molecule has 1 aromatic carbocycles. The molecule has 0 radical (unpaired) electrons. The lowest BCUT2D eigenvalue weighted by atomic mass is 9.84. The van der Waals surface area contributed by atoms with Gasteiger partial charge >= 0.3 is 0 Å². The maximum absolute atomic E-state index is 12.3. The Morgan fingerprint density at radius 2 is 2.03 bits per heavy atom. The van der Waals surface area contributed by atoms with Crippen molar-refractivity contribution in [3.8, 4) is 0 Å². The average molecular weight is 425 g/mol. The van der Waals surface area contributed by atoms with Crippen LogP contribution < -0.4 is 5.32 Å². The van der Waals surface area contributed by atoms with Crippen molar-refractivity contribution in [2.45, 2.75) is 45.8 Å². The number of aromatic nitrogens is 2. The molecular formula is C24H32N4O3. The van der Waals surface area contributed by atoms with Crippen LogP contribution in [0, 0.1) is 12.8 Å². The molecule has 0 spiro atoms. The van der Waals surface area contributed by atoms with Gasteiger partial charge in [0.25, 0.3) is 5.91 Å². The van der Waals surface area contributed by atoms with Gasteiger partial charge in [-0.05, 0) is 49.4 Å². The first-order valence-corrected chi connectivity index (χ1v) is 11.0. The number of benzene rings is 1. The van der Waals surface area contributed by atoms with Gasteiger partial charge in [-0.1, -0.05) is 19.9 Å². The van der Waals surface area contributed by atoms with Gasteiger partial charge in [0.15, 0.2) is 5.76 Å². The van der Waals surface area contributed by atoms with E-state index in [1.807, 2.05) is 36.9 Å². The minimum atomic E-state index is -0.869. The van der Waals surface area contributed by atoms with Gasteiger partial charge < -0.3 is 14.8 Å². The van der Waals surface area contributed by atoms with Crippen LogP contribution in [0.15, 0.2) is 34.9 Å². The number of nitrogens with zero attached hydrogens (tertiary/aromatic N) is 3. The molecule has 0 bridgehead atoms. The molecule has 0 aliphatic carbocycles. The third-order valence-electron chi connectivity index (χ3n) is 6.14. The lowest BCUT2D eigenvalue weighted by Crippen LogP contribution is -2.42. The number of amides is 1. The number of piperidine rings is 1. The molecule has 3 heterocycles. The molecule has 1 amide bonds. The number of furan rings is 1. The largest absolute Gasteiger partial charge is 0.451 e. The van der Waals surface area contributed by atoms with E-state index in [2.05, 4.69) is 35.4 Å². The van der Waals surface area contributed by atoms with E-state index in [1.54, 1.807) is 6.07 Å². The Bertz CT molecular complexity index is 1070. The van der Waals surface area contributed by atoms with Crippen LogP contribution in [-0.2, 0) is 19.2 Å². The van der Waals surface area contributed by atoms with Gasteiger partial charge in [0.05, 0.1) is 11.3 Å². The van der Waals surface area contributed by atoms with E-state index >= 15 is 0 Å². The molecule has 166 valence electrons. The van der Waals surface area contributed by atoms with Crippen molar-refractivity contribution in [3.05, 3.63) is 53.0 Å². The maximum atomic E-state index is 12.3. The summed E-state index contributed by atoms with van der Waals surface area (Å²) >= 11 is 0. The first-order valence-electron chi connectivity index (χ1n) is 11.0. The summed E-state index contributed by atoms with van der Waals surface area (Å²) in [4.78, 5) is 14.7. The Morgan fingerprint density at radius 1 is 1.29 bits per heavy atom. The molecule has 7 heteroatoms. The zero-order valence-corrected chi connectivity index (χ0v) is 18.8. The van der Waals surface area contributed by atoms with E-state index in [-0.39, 0.29) is 5.91 Å². The van der Waals surface area contributed by atoms with Crippen LogP contribution in [-0.4, -0.2) is 45.3 Å². The summed E-state index contributed by atoms with van der Waals surface area (Å²) in [5.41, 5.74) is 2.96. The number of aryl methyl sites for hydroxylation is 2. The molecular weight excluding hydrogens is 392 g/mol. The predicted octanol–water partition coefficient (Wildman–Crippen LogP) is 3.34. The lowest BCUT2D eigenvalue weighted by Gasteiger charge is -2.38. The van der Waals surface area contributed by atoms with Crippen LogP contribution in [0.2, 0.25) is 0 Å². The highest BCUT2D eigenvalue weighted by molar-refractivity contribution is 5.96. The van der Waals surface area contributed by atoms with Crippen molar-refractivity contribution in [1.29, 1.82) is 0 Å². The van der Waals surface area contributed by atoms with Gasteiger partial charge in [-0.2, -0.15) is 5.10 Å². The first kappa shape index (κ1) is 21.6. The smallest absolute Gasteiger partial charge is 0.287 e. The highest BCUT2D eigenvalue weighted by atomic mass is 16.3. The summed E-state index contributed by atoms with van der Waals surface area (Å²) in [7, 11) is 1.94. The second-order valence-electron chi connectivity index (χ2n) is 9.19. The van der Waals surface area contributed by atoms with Crippen LogP contribution in [0.25, 0.3) is 11.0 Å². The summed E-state index contributed by atoms with van der Waals surface area (Å²) in [5, 5.41) is 19.5. The molecule has 1 saturated heterocycles. The Balaban J connectivity index is 1.44. The van der Waals surface area contributed by atoms with Crippen molar-refractivity contribution in [2.75, 3.05) is 19.6 Å². The average Bonchev–Trinajstić information content (AvgIpc) is 3.29. The lowest BCUT2D eigenvalue weighted by molar-refractivity contribution is -0.0276. The highest BCUT2D eigenvalue weighted by Gasteiger charge is 2.34. The fourth-order valence-electron chi connectivity index (χ4n) is 4.24. The van der Waals surface area contributed by atoms with E-state index in [0.717, 1.165) is 36.3 Å². The van der Waals surface area contributed by atoms with Gasteiger partial charge in [-0.25, -0.2) is 0 Å². The number of hydrogen-bond acceptors (Lipinski definition) is 5. The molecule has 1 fully saturated rings. The predicted molar refractivity (Wildman–Crippen MR) is 120 cm³/mol. The SMILES string of the molecule is Cc1nn(C)cc1CN1CCC(O)(c2ccc3oc(C(=O)NCC(C)C)cc3c2)CC1. The van der Waals surface area contributed by atoms with Gasteiger partial charge in [0.2, 0.25) is 0 Å². The second-order valence-corrected chi connectivity index (χ2v) is 9.19. The fraction of sp³-hybridized carbons (Fsp3) is 0.500. The molecule has 0 atom stereocenters. The molecule has 1 aliphatic rings. The minimum absolute atomic E-state index is 0.204. The molecule has 2 N–H and O–H groups in total. The topological polar surface area (TPSA) is 83.5 Å². The van der Waals surface area contributed by atoms with Gasteiger partial charge in [-0.3, -0.25) is 14.4 Å². The zero-order chi connectivity index (χ0) is 22.2. The monoisotopic (exact) mass is 424 g/mol. The number of aliphatic hydroxyl groups is 1. The summed E-state index contributed by atoms with van der Waals surface area (Å²) < 4.78 is 7.57. The van der Waals surface area contributed by atoms with Gasteiger partial charge in [0, 0.05) is 50.4 Å². The third-order valence-corrected chi connectivity index (χ3v) is 6.14.